The van der Waals surface area contributed by atoms with E-state index in [0.29, 0.717) is 30.4 Å². The summed E-state index contributed by atoms with van der Waals surface area (Å²) in [5.41, 5.74) is -0.161. The van der Waals surface area contributed by atoms with Crippen LogP contribution in [0.15, 0.2) is 30.5 Å². The smallest absolute Gasteiger partial charge is 0.352 e. The number of rotatable bonds is 8. The Hall–Kier alpha value is -3.74. The zero-order chi connectivity index (χ0) is 27.3. The zero-order valence-electron chi connectivity index (χ0n) is 20.5. The lowest BCUT2D eigenvalue weighted by Crippen LogP contribution is -2.44. The molecule has 14 heteroatoms. The fraction of sp³-hybridized carbons (Fsp3) is 0.417. The van der Waals surface area contributed by atoms with E-state index < -0.39 is 23.3 Å². The first-order chi connectivity index (χ1) is 18.1. The van der Waals surface area contributed by atoms with Crippen LogP contribution in [-0.4, -0.2) is 66.3 Å². The molecule has 1 saturated heterocycles. The average molecular weight is 551 g/mol. The molecule has 10 nitrogen and oxygen atoms in total. The van der Waals surface area contributed by atoms with Gasteiger partial charge in [0.1, 0.15) is 0 Å². The highest BCUT2D eigenvalue weighted by atomic mass is 35.5. The maximum Gasteiger partial charge on any atom is 0.433 e. The third-order valence-electron chi connectivity index (χ3n) is 6.22. The minimum atomic E-state index is -4.71. The van der Waals surface area contributed by atoms with E-state index in [1.54, 1.807) is 36.1 Å². The highest BCUT2D eigenvalue weighted by molar-refractivity contribution is 6.30. The van der Waals surface area contributed by atoms with Crippen LogP contribution in [0.1, 0.15) is 58.7 Å². The number of tetrazole rings is 1. The van der Waals surface area contributed by atoms with Crippen LogP contribution in [0.3, 0.4) is 0 Å². The number of nitrogens with zero attached hydrogens (tertiary/aromatic N) is 6. The lowest BCUT2D eigenvalue weighted by molar-refractivity contribution is -0.141. The van der Waals surface area contributed by atoms with Crippen molar-refractivity contribution in [3.63, 3.8) is 0 Å². The van der Waals surface area contributed by atoms with Crippen molar-refractivity contribution >= 4 is 29.5 Å². The van der Waals surface area contributed by atoms with Crippen molar-refractivity contribution in [1.29, 1.82) is 0 Å². The minimum Gasteiger partial charge on any atom is -0.352 e. The summed E-state index contributed by atoms with van der Waals surface area (Å²) in [6, 6.07) is 5.16. The van der Waals surface area contributed by atoms with Crippen molar-refractivity contribution in [2.75, 3.05) is 13.1 Å². The molecule has 3 aromatic rings. The zero-order valence-corrected chi connectivity index (χ0v) is 21.3. The van der Waals surface area contributed by atoms with Crippen molar-refractivity contribution < 1.29 is 22.8 Å². The molecular weight excluding hydrogens is 525 g/mol. The molecule has 1 atom stereocenters. The van der Waals surface area contributed by atoms with Gasteiger partial charge in [-0.2, -0.15) is 23.1 Å². The summed E-state index contributed by atoms with van der Waals surface area (Å²) < 4.78 is 39.1. The van der Waals surface area contributed by atoms with Crippen molar-refractivity contribution in [3.8, 4) is 0 Å². The van der Waals surface area contributed by atoms with Crippen LogP contribution in [-0.2, 0) is 17.5 Å². The Morgan fingerprint density at radius 3 is 2.84 bits per heavy atom. The molecule has 38 heavy (non-hydrogen) atoms. The van der Waals surface area contributed by atoms with Gasteiger partial charge in [0, 0.05) is 30.2 Å². The third-order valence-corrected chi connectivity index (χ3v) is 6.45. The minimum absolute atomic E-state index is 0.116. The fourth-order valence-electron chi connectivity index (χ4n) is 4.39. The first-order valence-corrected chi connectivity index (χ1v) is 12.4. The number of H-pyrrole nitrogens is 1. The Bertz CT molecular complexity index is 1320. The molecule has 0 spiro atoms. The standard InChI is InChI=1S/C24H26ClF3N8O2/c1-15-31-34-36(33-15)14-17-12-18(25)7-5-16(17)6-8-21(37)35-11-3-2-4-19(35)9-10-29-23(38)20-13-30-32-22(20)24(26,27)28/h5-8,12-13,19H,2-4,9-11,14H2,1H3,(H,29,38)(H,30,32)/b8-6+. The summed E-state index contributed by atoms with van der Waals surface area (Å²) in [4.78, 5) is 28.6. The summed E-state index contributed by atoms with van der Waals surface area (Å²) in [6.45, 7) is 2.73. The van der Waals surface area contributed by atoms with Gasteiger partial charge in [0.05, 0.1) is 18.3 Å². The number of hydrogen-bond acceptors (Lipinski definition) is 6. The van der Waals surface area contributed by atoms with Gasteiger partial charge in [-0.1, -0.05) is 17.7 Å². The molecule has 0 saturated carbocycles. The second kappa shape index (κ2) is 11.8. The third kappa shape index (κ3) is 6.77. The Morgan fingerprint density at radius 2 is 2.11 bits per heavy atom. The highest BCUT2D eigenvalue weighted by Gasteiger charge is 2.37. The van der Waals surface area contributed by atoms with Crippen molar-refractivity contribution in [1.82, 2.24) is 40.6 Å². The summed E-state index contributed by atoms with van der Waals surface area (Å²) >= 11 is 6.17. The van der Waals surface area contributed by atoms with E-state index >= 15 is 0 Å². The lowest BCUT2D eigenvalue weighted by Gasteiger charge is -2.35. The maximum atomic E-state index is 13.1. The van der Waals surface area contributed by atoms with Crippen LogP contribution in [0.5, 0.6) is 0 Å². The number of aromatic nitrogens is 6. The second-order valence-corrected chi connectivity index (χ2v) is 9.36. The topological polar surface area (TPSA) is 122 Å². The Balaban J connectivity index is 1.38. The molecule has 2 amide bonds. The number of likely N-dealkylation sites (tertiary alicyclic amines) is 1. The highest BCUT2D eigenvalue weighted by Crippen LogP contribution is 2.30. The number of aryl methyl sites for hydroxylation is 1. The number of piperidine rings is 1. The van der Waals surface area contributed by atoms with Gasteiger partial charge in [-0.05, 0) is 67.2 Å². The van der Waals surface area contributed by atoms with E-state index in [0.717, 1.165) is 36.6 Å². The molecule has 0 radical (unpaired) electrons. The van der Waals surface area contributed by atoms with Crippen LogP contribution in [0, 0.1) is 6.92 Å². The number of nitrogens with one attached hydrogen (secondary N) is 2. The average Bonchev–Trinajstić information content (AvgIpc) is 3.53. The first kappa shape index (κ1) is 27.3. The molecule has 3 heterocycles. The Kier molecular flexibility index (Phi) is 8.45. The monoisotopic (exact) mass is 550 g/mol. The molecule has 1 aromatic carbocycles. The normalized spacial score (nSPS) is 16.2. The number of carbonyl (C=O) groups is 2. The van der Waals surface area contributed by atoms with Gasteiger partial charge in [0.25, 0.3) is 5.91 Å². The number of alkyl halides is 3. The van der Waals surface area contributed by atoms with Crippen molar-refractivity contribution in [2.45, 2.75) is 51.4 Å². The van der Waals surface area contributed by atoms with E-state index in [1.165, 1.54) is 10.9 Å². The van der Waals surface area contributed by atoms with Crippen LogP contribution >= 0.6 is 11.6 Å². The fourth-order valence-corrected chi connectivity index (χ4v) is 4.58. The van der Waals surface area contributed by atoms with Crippen LogP contribution in [0.2, 0.25) is 5.02 Å². The molecule has 1 fully saturated rings. The van der Waals surface area contributed by atoms with E-state index in [-0.39, 0.29) is 18.5 Å². The van der Waals surface area contributed by atoms with Crippen LogP contribution < -0.4 is 5.32 Å². The van der Waals surface area contributed by atoms with Crippen LogP contribution in [0.4, 0.5) is 13.2 Å². The Labute approximate surface area is 221 Å². The molecule has 202 valence electrons. The van der Waals surface area contributed by atoms with Gasteiger partial charge < -0.3 is 10.2 Å². The molecule has 2 N–H and O–H groups in total. The van der Waals surface area contributed by atoms with E-state index in [9.17, 15) is 22.8 Å². The summed E-state index contributed by atoms with van der Waals surface area (Å²) in [5.74, 6) is -0.518. The van der Waals surface area contributed by atoms with Gasteiger partial charge in [0.15, 0.2) is 11.5 Å². The van der Waals surface area contributed by atoms with Gasteiger partial charge in [0.2, 0.25) is 5.91 Å². The molecule has 1 aliphatic rings. The maximum absolute atomic E-state index is 13.1. The van der Waals surface area contributed by atoms with Crippen molar-refractivity contribution in [2.24, 2.45) is 0 Å². The molecule has 1 unspecified atom stereocenters. The van der Waals surface area contributed by atoms with Gasteiger partial charge >= 0.3 is 6.18 Å². The predicted molar refractivity (Wildman–Crippen MR) is 132 cm³/mol. The number of aromatic amines is 1. The number of amides is 2. The van der Waals surface area contributed by atoms with Gasteiger partial charge in [-0.3, -0.25) is 14.7 Å². The van der Waals surface area contributed by atoms with E-state index in [4.69, 9.17) is 11.6 Å². The quantitative estimate of drug-likeness (QED) is 0.413. The summed E-state index contributed by atoms with van der Waals surface area (Å²) in [7, 11) is 0. The second-order valence-electron chi connectivity index (χ2n) is 8.93. The van der Waals surface area contributed by atoms with Gasteiger partial charge in [-0.25, -0.2) is 0 Å². The SMILES string of the molecule is Cc1nnn(Cc2cc(Cl)ccc2/C=C/C(=O)N2CCCCC2CCNC(=O)c2cn[nH]c2C(F)(F)F)n1. The number of hydrogen-bond donors (Lipinski definition) is 2. The molecule has 4 rings (SSSR count). The number of benzene rings is 1. The molecule has 1 aliphatic heterocycles. The summed E-state index contributed by atoms with van der Waals surface area (Å²) in [6.07, 6.45) is 2.25. The first-order valence-electron chi connectivity index (χ1n) is 12.0. The predicted octanol–water partition coefficient (Wildman–Crippen LogP) is 3.64. The molecule has 0 bridgehead atoms. The van der Waals surface area contributed by atoms with Gasteiger partial charge in [-0.15, -0.1) is 10.2 Å². The van der Waals surface area contributed by atoms with E-state index in [2.05, 4.69) is 25.8 Å². The summed E-state index contributed by atoms with van der Waals surface area (Å²) in [5, 5.41) is 20.2. The largest absolute Gasteiger partial charge is 0.433 e. The van der Waals surface area contributed by atoms with Crippen molar-refractivity contribution in [3.05, 3.63) is 63.7 Å². The number of carbonyl (C=O) groups excluding carboxylic acids is 2. The molecular formula is C24H26ClF3N8O2. The molecule has 2 aromatic heterocycles. The van der Waals surface area contributed by atoms with Crippen LogP contribution in [0.25, 0.3) is 6.08 Å². The molecule has 0 aliphatic carbocycles. The number of halogens is 4. The van der Waals surface area contributed by atoms with E-state index in [1.807, 2.05) is 5.10 Å². The Morgan fingerprint density at radius 1 is 1.29 bits per heavy atom. The lowest BCUT2D eigenvalue weighted by atomic mass is 9.98.